The lowest BCUT2D eigenvalue weighted by Crippen LogP contribution is -2.47. The highest BCUT2D eigenvalue weighted by Gasteiger charge is 2.33. The molecule has 170 valence electrons. The number of aromatic nitrogens is 2. The van der Waals surface area contributed by atoms with Gasteiger partial charge >= 0.3 is 0 Å². The van der Waals surface area contributed by atoms with Crippen molar-refractivity contribution in [2.24, 2.45) is 0 Å². The van der Waals surface area contributed by atoms with Crippen LogP contribution in [-0.2, 0) is 13.1 Å². The largest absolute Gasteiger partial charge is 0.494 e. The van der Waals surface area contributed by atoms with Crippen LogP contribution in [0.15, 0.2) is 67.0 Å². The third-order valence-electron chi connectivity index (χ3n) is 5.80. The minimum atomic E-state index is -0.848. The van der Waals surface area contributed by atoms with Gasteiger partial charge in [-0.3, -0.25) is 9.58 Å². The number of hydrogen-bond acceptors (Lipinski definition) is 5. The number of rotatable bonds is 10. The van der Waals surface area contributed by atoms with Crippen molar-refractivity contribution in [3.63, 3.8) is 0 Å². The van der Waals surface area contributed by atoms with Gasteiger partial charge in [-0.25, -0.2) is 4.39 Å². The summed E-state index contributed by atoms with van der Waals surface area (Å²) in [4.78, 5) is 2.34. The lowest BCUT2D eigenvalue weighted by atomic mass is 9.92. The Labute approximate surface area is 188 Å². The number of aliphatic hydroxyl groups is 1. The molecular weight excluding hydrogens is 409 g/mol. The monoisotopic (exact) mass is 439 g/mol. The molecular formula is C25H30FN3O3. The maximum Gasteiger partial charge on any atom is 0.123 e. The fraction of sp³-hybridized carbons (Fsp3) is 0.400. The third-order valence-corrected chi connectivity index (χ3v) is 5.80. The van der Waals surface area contributed by atoms with E-state index in [2.05, 4.69) is 22.1 Å². The van der Waals surface area contributed by atoms with Crippen molar-refractivity contribution in [1.82, 2.24) is 14.7 Å². The molecule has 0 saturated carbocycles. The summed E-state index contributed by atoms with van der Waals surface area (Å²) in [6.45, 7) is 4.17. The van der Waals surface area contributed by atoms with Crippen LogP contribution in [-0.4, -0.2) is 51.7 Å². The average molecular weight is 440 g/mol. The van der Waals surface area contributed by atoms with E-state index in [9.17, 15) is 9.50 Å². The Kier molecular flexibility index (Phi) is 7.39. The molecule has 2 heterocycles. The summed E-state index contributed by atoms with van der Waals surface area (Å²) >= 11 is 0. The zero-order chi connectivity index (χ0) is 22.2. The van der Waals surface area contributed by atoms with Crippen molar-refractivity contribution >= 4 is 0 Å². The molecule has 1 N–H and O–H groups in total. The van der Waals surface area contributed by atoms with Crippen LogP contribution in [0.4, 0.5) is 4.39 Å². The summed E-state index contributed by atoms with van der Waals surface area (Å²) in [5.41, 5.74) is 0.376. The van der Waals surface area contributed by atoms with E-state index in [0.29, 0.717) is 25.2 Å². The molecule has 1 fully saturated rings. The van der Waals surface area contributed by atoms with Gasteiger partial charge in [0.15, 0.2) is 0 Å². The van der Waals surface area contributed by atoms with E-state index in [-0.39, 0.29) is 12.4 Å². The van der Waals surface area contributed by atoms with Crippen LogP contribution in [0, 0.1) is 5.82 Å². The zero-order valence-electron chi connectivity index (χ0n) is 18.2. The summed E-state index contributed by atoms with van der Waals surface area (Å²) in [7, 11) is 0. The Morgan fingerprint density at radius 3 is 2.34 bits per heavy atom. The molecule has 3 aromatic rings. The molecule has 0 aliphatic carbocycles. The second-order valence-electron chi connectivity index (χ2n) is 8.36. The van der Waals surface area contributed by atoms with Crippen molar-refractivity contribution < 1.29 is 19.0 Å². The second kappa shape index (κ2) is 10.6. The molecule has 0 unspecified atom stereocenters. The number of aryl methyl sites for hydroxylation is 1. The molecule has 0 bridgehead atoms. The van der Waals surface area contributed by atoms with Crippen molar-refractivity contribution in [3.8, 4) is 11.5 Å². The topological polar surface area (TPSA) is 59.8 Å². The van der Waals surface area contributed by atoms with Crippen molar-refractivity contribution in [2.75, 3.05) is 26.3 Å². The summed E-state index contributed by atoms with van der Waals surface area (Å²) < 4.78 is 26.4. The minimum Gasteiger partial charge on any atom is -0.494 e. The van der Waals surface area contributed by atoms with Crippen molar-refractivity contribution in [2.45, 2.75) is 38.0 Å². The lowest BCUT2D eigenvalue weighted by Gasteiger charge is -2.38. The first-order valence-corrected chi connectivity index (χ1v) is 11.1. The van der Waals surface area contributed by atoms with Crippen LogP contribution >= 0.6 is 0 Å². The smallest absolute Gasteiger partial charge is 0.123 e. The number of piperidine rings is 1. The molecule has 0 radical (unpaired) electrons. The fourth-order valence-corrected chi connectivity index (χ4v) is 3.82. The summed E-state index contributed by atoms with van der Waals surface area (Å²) in [5.74, 6) is 1.15. The van der Waals surface area contributed by atoms with E-state index in [4.69, 9.17) is 9.47 Å². The summed E-state index contributed by atoms with van der Waals surface area (Å²) in [6.07, 6.45) is 5.93. The standard InChI is InChI=1S/C25H30FN3O3/c26-22-5-9-24(10-6-22)32-20-25(30)11-16-28(17-12-25)19-21-3-7-23(8-4-21)31-18-2-15-29-14-1-13-27-29/h1,3-10,13-14,30H,2,11-12,15-20H2. The summed E-state index contributed by atoms with van der Waals surface area (Å²) in [5, 5.41) is 15.0. The Morgan fingerprint density at radius 1 is 0.969 bits per heavy atom. The van der Waals surface area contributed by atoms with Gasteiger partial charge in [-0.15, -0.1) is 0 Å². The zero-order valence-corrected chi connectivity index (χ0v) is 18.2. The maximum absolute atomic E-state index is 13.0. The van der Waals surface area contributed by atoms with Crippen LogP contribution in [0.2, 0.25) is 0 Å². The molecule has 0 spiro atoms. The molecule has 1 aromatic heterocycles. The first kappa shape index (κ1) is 22.3. The number of hydrogen-bond donors (Lipinski definition) is 1. The maximum atomic E-state index is 13.0. The first-order chi connectivity index (χ1) is 15.6. The number of benzene rings is 2. The molecule has 4 rings (SSSR count). The first-order valence-electron chi connectivity index (χ1n) is 11.1. The highest BCUT2D eigenvalue weighted by Crippen LogP contribution is 2.25. The van der Waals surface area contributed by atoms with Crippen molar-refractivity contribution in [3.05, 3.63) is 78.4 Å². The van der Waals surface area contributed by atoms with E-state index in [1.807, 2.05) is 29.1 Å². The van der Waals surface area contributed by atoms with Crippen LogP contribution in [0.25, 0.3) is 0 Å². The Balaban J connectivity index is 1.16. The van der Waals surface area contributed by atoms with E-state index >= 15 is 0 Å². The molecule has 1 aliphatic heterocycles. The Morgan fingerprint density at radius 2 is 1.66 bits per heavy atom. The quantitative estimate of drug-likeness (QED) is 0.486. The second-order valence-corrected chi connectivity index (χ2v) is 8.36. The van der Waals surface area contributed by atoms with E-state index < -0.39 is 5.60 Å². The molecule has 1 aliphatic rings. The SMILES string of the molecule is OC1(COc2ccc(F)cc2)CCN(Cc2ccc(OCCCn3cccn3)cc2)CC1. The van der Waals surface area contributed by atoms with E-state index in [1.54, 1.807) is 18.3 Å². The Hall–Kier alpha value is -2.90. The molecule has 0 atom stereocenters. The van der Waals surface area contributed by atoms with Crippen LogP contribution in [0.3, 0.4) is 0 Å². The normalized spacial score (nSPS) is 16.1. The lowest BCUT2D eigenvalue weighted by molar-refractivity contribution is -0.0537. The van der Waals surface area contributed by atoms with Gasteiger partial charge < -0.3 is 14.6 Å². The van der Waals surface area contributed by atoms with Gasteiger partial charge in [0.2, 0.25) is 0 Å². The number of ether oxygens (including phenoxy) is 2. The number of nitrogens with zero attached hydrogens (tertiary/aromatic N) is 3. The molecule has 6 nitrogen and oxygen atoms in total. The molecule has 1 saturated heterocycles. The average Bonchev–Trinajstić information content (AvgIpc) is 3.33. The van der Waals surface area contributed by atoms with Crippen LogP contribution in [0.1, 0.15) is 24.8 Å². The number of halogens is 1. The highest BCUT2D eigenvalue weighted by atomic mass is 19.1. The number of likely N-dealkylation sites (tertiary alicyclic amines) is 1. The van der Waals surface area contributed by atoms with Gasteiger partial charge in [-0.05, 0) is 60.9 Å². The van der Waals surface area contributed by atoms with Crippen molar-refractivity contribution in [1.29, 1.82) is 0 Å². The van der Waals surface area contributed by atoms with Crippen LogP contribution in [0.5, 0.6) is 11.5 Å². The minimum absolute atomic E-state index is 0.221. The fourth-order valence-electron chi connectivity index (χ4n) is 3.82. The van der Waals surface area contributed by atoms with Gasteiger partial charge in [0.1, 0.15) is 29.5 Å². The van der Waals surface area contributed by atoms with Gasteiger partial charge in [0.25, 0.3) is 0 Å². The van der Waals surface area contributed by atoms with Gasteiger partial charge in [0.05, 0.1) is 6.61 Å². The molecule has 2 aromatic carbocycles. The van der Waals surface area contributed by atoms with Gasteiger partial charge in [-0.2, -0.15) is 5.10 Å². The predicted molar refractivity (Wildman–Crippen MR) is 120 cm³/mol. The van der Waals surface area contributed by atoms with E-state index in [1.165, 1.54) is 17.7 Å². The molecule has 0 amide bonds. The van der Waals surface area contributed by atoms with Gasteiger partial charge in [0, 0.05) is 45.0 Å². The third kappa shape index (κ3) is 6.55. The predicted octanol–water partition coefficient (Wildman–Crippen LogP) is 3.90. The Bertz CT molecular complexity index is 938. The van der Waals surface area contributed by atoms with Gasteiger partial charge in [-0.1, -0.05) is 12.1 Å². The van der Waals surface area contributed by atoms with E-state index in [0.717, 1.165) is 38.3 Å². The molecule has 32 heavy (non-hydrogen) atoms. The van der Waals surface area contributed by atoms with Crippen LogP contribution < -0.4 is 9.47 Å². The molecule has 7 heteroatoms. The highest BCUT2D eigenvalue weighted by molar-refractivity contribution is 5.27. The summed E-state index contributed by atoms with van der Waals surface area (Å²) in [6, 6.07) is 16.0.